The number of imidazole rings is 1. The van der Waals surface area contributed by atoms with Crippen molar-refractivity contribution >= 4 is 28.6 Å². The van der Waals surface area contributed by atoms with E-state index in [0.717, 1.165) is 5.69 Å². The van der Waals surface area contributed by atoms with Crippen LogP contribution in [0.15, 0.2) is 49.3 Å². The first-order valence-corrected chi connectivity index (χ1v) is 6.98. The first kappa shape index (κ1) is 14.1. The van der Waals surface area contributed by atoms with Crippen molar-refractivity contribution in [2.24, 2.45) is 0 Å². The molecule has 0 spiro atoms. The summed E-state index contributed by atoms with van der Waals surface area (Å²) in [5, 5.41) is 0. The highest BCUT2D eigenvalue weighted by Gasteiger charge is 2.28. The number of H-pyrrole nitrogens is 1. The van der Waals surface area contributed by atoms with E-state index in [1.165, 1.54) is 0 Å². The number of aromatic amines is 1. The van der Waals surface area contributed by atoms with Gasteiger partial charge in [-0.2, -0.15) is 9.97 Å². The van der Waals surface area contributed by atoms with Gasteiger partial charge in [-0.3, -0.25) is 0 Å². The monoisotopic (exact) mass is 294 g/mol. The molecule has 2 heterocycles. The molecule has 112 valence electrons. The average molecular weight is 294 g/mol. The van der Waals surface area contributed by atoms with Crippen LogP contribution in [0.4, 0.5) is 17.5 Å². The Kier molecular flexibility index (Phi) is 3.29. The van der Waals surface area contributed by atoms with Gasteiger partial charge in [0.05, 0.1) is 11.9 Å². The maximum absolute atomic E-state index is 6.02. The van der Waals surface area contributed by atoms with E-state index in [-0.39, 0.29) is 5.54 Å². The Morgan fingerprint density at radius 1 is 1.23 bits per heavy atom. The van der Waals surface area contributed by atoms with Gasteiger partial charge in [0.1, 0.15) is 5.52 Å². The zero-order valence-corrected chi connectivity index (χ0v) is 12.6. The van der Waals surface area contributed by atoms with Crippen LogP contribution in [0.2, 0.25) is 0 Å². The number of nitrogen functional groups attached to an aromatic ring is 1. The van der Waals surface area contributed by atoms with Crippen LogP contribution in [-0.2, 0) is 0 Å². The normalized spacial score (nSPS) is 11.5. The molecule has 0 aliphatic heterocycles. The van der Waals surface area contributed by atoms with Crippen molar-refractivity contribution in [3.63, 3.8) is 0 Å². The number of anilines is 3. The molecule has 3 N–H and O–H groups in total. The van der Waals surface area contributed by atoms with Crippen LogP contribution in [0.3, 0.4) is 0 Å². The van der Waals surface area contributed by atoms with Crippen molar-refractivity contribution < 1.29 is 0 Å². The second-order valence-electron chi connectivity index (χ2n) is 5.54. The maximum Gasteiger partial charge on any atom is 0.234 e. The third-order valence-corrected chi connectivity index (χ3v) is 3.58. The van der Waals surface area contributed by atoms with Crippen LogP contribution in [0.5, 0.6) is 0 Å². The first-order chi connectivity index (χ1) is 10.5. The summed E-state index contributed by atoms with van der Waals surface area (Å²) >= 11 is 0. The molecule has 0 bridgehead atoms. The number of benzene rings is 1. The lowest BCUT2D eigenvalue weighted by Crippen LogP contribution is -2.39. The Morgan fingerprint density at radius 3 is 2.64 bits per heavy atom. The third-order valence-electron chi connectivity index (χ3n) is 3.58. The molecular weight excluding hydrogens is 276 g/mol. The van der Waals surface area contributed by atoms with E-state index in [1.54, 1.807) is 6.33 Å². The van der Waals surface area contributed by atoms with Gasteiger partial charge in [0.2, 0.25) is 5.95 Å². The Morgan fingerprint density at radius 2 is 1.95 bits per heavy atom. The third kappa shape index (κ3) is 2.28. The molecule has 0 aliphatic rings. The van der Waals surface area contributed by atoms with E-state index >= 15 is 0 Å². The number of nitrogens with two attached hydrogens (primary N) is 1. The van der Waals surface area contributed by atoms with Crippen LogP contribution in [0.25, 0.3) is 11.2 Å². The summed E-state index contributed by atoms with van der Waals surface area (Å²) in [6.07, 6.45) is 3.42. The predicted molar refractivity (Wildman–Crippen MR) is 89.0 cm³/mol. The van der Waals surface area contributed by atoms with E-state index < -0.39 is 0 Å². The summed E-state index contributed by atoms with van der Waals surface area (Å²) in [5.41, 5.74) is 7.78. The van der Waals surface area contributed by atoms with Crippen LogP contribution in [0, 0.1) is 0 Å². The van der Waals surface area contributed by atoms with Crippen LogP contribution < -0.4 is 10.6 Å². The van der Waals surface area contributed by atoms with Gasteiger partial charge in [-0.05, 0) is 26.0 Å². The second-order valence-corrected chi connectivity index (χ2v) is 5.54. The summed E-state index contributed by atoms with van der Waals surface area (Å²) < 4.78 is 0. The Bertz CT molecular complexity index is 806. The Hall–Kier alpha value is -2.89. The SMILES string of the molecule is C=CC(C)(C)N(c1ccccc1)c1nc(N)c2nc[nH]c2n1. The summed E-state index contributed by atoms with van der Waals surface area (Å²) in [4.78, 5) is 18.1. The molecule has 0 saturated carbocycles. The zero-order valence-electron chi connectivity index (χ0n) is 12.6. The molecule has 3 aromatic rings. The highest BCUT2D eigenvalue weighted by Crippen LogP contribution is 2.32. The molecule has 0 fully saturated rings. The molecule has 6 nitrogen and oxygen atoms in total. The molecule has 6 heteroatoms. The number of hydrogen-bond acceptors (Lipinski definition) is 5. The minimum atomic E-state index is -0.387. The molecule has 0 saturated heterocycles. The predicted octanol–water partition coefficient (Wildman–Crippen LogP) is 3.04. The van der Waals surface area contributed by atoms with Gasteiger partial charge >= 0.3 is 0 Å². The van der Waals surface area contributed by atoms with Gasteiger partial charge in [-0.25, -0.2) is 4.98 Å². The van der Waals surface area contributed by atoms with E-state index in [2.05, 4.69) is 26.5 Å². The number of para-hydroxylation sites is 1. The van der Waals surface area contributed by atoms with Crippen molar-refractivity contribution in [2.75, 3.05) is 10.6 Å². The number of fused-ring (bicyclic) bond motifs is 1. The maximum atomic E-state index is 6.02. The largest absolute Gasteiger partial charge is 0.382 e. The number of nitrogens with zero attached hydrogens (tertiary/aromatic N) is 4. The van der Waals surface area contributed by atoms with Crippen LogP contribution in [0.1, 0.15) is 13.8 Å². The lowest BCUT2D eigenvalue weighted by atomic mass is 10.0. The number of hydrogen-bond donors (Lipinski definition) is 2. The molecule has 2 aromatic heterocycles. The number of nitrogens with one attached hydrogen (secondary N) is 1. The van der Waals surface area contributed by atoms with Crippen LogP contribution in [-0.4, -0.2) is 25.5 Å². The fraction of sp³-hybridized carbons (Fsp3) is 0.188. The number of aromatic nitrogens is 4. The number of rotatable bonds is 4. The lowest BCUT2D eigenvalue weighted by molar-refractivity contribution is 0.617. The molecule has 0 radical (unpaired) electrons. The minimum Gasteiger partial charge on any atom is -0.382 e. The summed E-state index contributed by atoms with van der Waals surface area (Å²) in [5.74, 6) is 0.854. The second kappa shape index (κ2) is 5.14. The Labute approximate surface area is 128 Å². The van der Waals surface area contributed by atoms with E-state index in [9.17, 15) is 0 Å². The van der Waals surface area contributed by atoms with Gasteiger partial charge in [0.15, 0.2) is 11.5 Å². The van der Waals surface area contributed by atoms with Gasteiger partial charge < -0.3 is 15.6 Å². The topological polar surface area (TPSA) is 83.7 Å². The van der Waals surface area contributed by atoms with Crippen molar-refractivity contribution in [1.29, 1.82) is 0 Å². The molecule has 0 aliphatic carbocycles. The summed E-state index contributed by atoms with van der Waals surface area (Å²) in [7, 11) is 0. The van der Waals surface area contributed by atoms with E-state index in [0.29, 0.717) is 22.9 Å². The highest BCUT2D eigenvalue weighted by molar-refractivity contribution is 5.83. The molecule has 1 aromatic carbocycles. The quantitative estimate of drug-likeness (QED) is 0.723. The fourth-order valence-corrected chi connectivity index (χ4v) is 2.32. The minimum absolute atomic E-state index is 0.349. The van der Waals surface area contributed by atoms with Gasteiger partial charge in [0, 0.05) is 5.69 Å². The Balaban J connectivity index is 2.22. The first-order valence-electron chi connectivity index (χ1n) is 6.98. The smallest absolute Gasteiger partial charge is 0.234 e. The summed E-state index contributed by atoms with van der Waals surface area (Å²) in [6, 6.07) is 9.92. The van der Waals surface area contributed by atoms with Crippen molar-refractivity contribution in [3.05, 3.63) is 49.3 Å². The zero-order chi connectivity index (χ0) is 15.7. The fourth-order valence-electron chi connectivity index (χ4n) is 2.32. The van der Waals surface area contributed by atoms with Crippen molar-refractivity contribution in [3.8, 4) is 0 Å². The van der Waals surface area contributed by atoms with Crippen molar-refractivity contribution in [1.82, 2.24) is 19.9 Å². The highest BCUT2D eigenvalue weighted by atomic mass is 15.3. The molecule has 22 heavy (non-hydrogen) atoms. The van der Waals surface area contributed by atoms with E-state index in [4.69, 9.17) is 5.73 Å². The standard InChI is InChI=1S/C16H18N6/c1-4-16(2,3)22(11-8-6-5-7-9-11)15-20-13(17)12-14(21-15)19-10-18-12/h4-10H,1H2,2-3H3,(H3,17,18,19,20,21). The van der Waals surface area contributed by atoms with Crippen molar-refractivity contribution in [2.45, 2.75) is 19.4 Å². The molecular formula is C16H18N6. The van der Waals surface area contributed by atoms with Crippen LogP contribution >= 0.6 is 0 Å². The molecule has 0 amide bonds. The molecule has 0 atom stereocenters. The molecule has 0 unspecified atom stereocenters. The van der Waals surface area contributed by atoms with E-state index in [1.807, 2.05) is 55.2 Å². The van der Waals surface area contributed by atoms with Gasteiger partial charge in [0.25, 0.3) is 0 Å². The van der Waals surface area contributed by atoms with Gasteiger partial charge in [-0.1, -0.05) is 24.3 Å². The molecule has 3 rings (SSSR count). The van der Waals surface area contributed by atoms with Gasteiger partial charge in [-0.15, -0.1) is 6.58 Å². The summed E-state index contributed by atoms with van der Waals surface area (Å²) in [6.45, 7) is 8.02. The lowest BCUT2D eigenvalue weighted by Gasteiger charge is -2.36. The average Bonchev–Trinajstić information content (AvgIpc) is 2.97.